The first-order chi connectivity index (χ1) is 28.3. The number of fused-ring (bicyclic) bond motifs is 5. The highest BCUT2D eigenvalue weighted by atomic mass is 32.1. The fourth-order valence-corrected chi connectivity index (χ4v) is 9.56. The van der Waals surface area contributed by atoms with Gasteiger partial charge >= 0.3 is 0 Å². The molecular formula is C54H34N2S. The average molecular weight is 743 g/mol. The molecule has 0 radical (unpaired) electrons. The van der Waals surface area contributed by atoms with Gasteiger partial charge in [0, 0.05) is 31.8 Å². The molecule has 0 bridgehead atoms. The molecule has 2 aromatic heterocycles. The second kappa shape index (κ2) is 13.8. The van der Waals surface area contributed by atoms with Gasteiger partial charge in [0.05, 0.1) is 11.4 Å². The maximum atomic E-state index is 5.22. The van der Waals surface area contributed by atoms with Crippen molar-refractivity contribution in [3.05, 3.63) is 206 Å². The van der Waals surface area contributed by atoms with Crippen molar-refractivity contribution in [2.24, 2.45) is 0 Å². The minimum Gasteiger partial charge on any atom is -0.228 e. The van der Waals surface area contributed by atoms with Gasteiger partial charge in [-0.3, -0.25) is 0 Å². The van der Waals surface area contributed by atoms with E-state index in [9.17, 15) is 0 Å². The van der Waals surface area contributed by atoms with E-state index in [1.165, 1.54) is 75.1 Å². The minimum absolute atomic E-state index is 0.707. The lowest BCUT2D eigenvalue weighted by atomic mass is 9.84. The van der Waals surface area contributed by atoms with Crippen LogP contribution in [0, 0.1) is 0 Å². The zero-order chi connectivity index (χ0) is 37.7. The Hall–Kier alpha value is -7.20. The van der Waals surface area contributed by atoms with Gasteiger partial charge in [-0.25, -0.2) is 9.97 Å². The van der Waals surface area contributed by atoms with E-state index >= 15 is 0 Å². The monoisotopic (exact) mass is 742 g/mol. The molecule has 0 saturated heterocycles. The van der Waals surface area contributed by atoms with E-state index in [4.69, 9.17) is 9.97 Å². The molecule has 9 aromatic carbocycles. The lowest BCUT2D eigenvalue weighted by Crippen LogP contribution is -1.97. The quantitative estimate of drug-likeness (QED) is 0.125. The largest absolute Gasteiger partial charge is 0.228 e. The topological polar surface area (TPSA) is 25.8 Å². The molecule has 0 aliphatic rings. The lowest BCUT2D eigenvalue weighted by Gasteiger charge is -2.19. The van der Waals surface area contributed by atoms with Crippen LogP contribution in [-0.4, -0.2) is 9.97 Å². The Bertz CT molecular complexity index is 3240. The summed E-state index contributed by atoms with van der Waals surface area (Å²) in [4.78, 5) is 11.7. The first-order valence-corrected chi connectivity index (χ1v) is 20.1. The van der Waals surface area contributed by atoms with Gasteiger partial charge in [-0.2, -0.15) is 0 Å². The van der Waals surface area contributed by atoms with E-state index in [1.54, 1.807) is 0 Å². The molecule has 0 N–H and O–H groups in total. The maximum Gasteiger partial charge on any atom is 0.160 e. The second-order valence-electron chi connectivity index (χ2n) is 14.5. The van der Waals surface area contributed by atoms with Gasteiger partial charge in [0.25, 0.3) is 0 Å². The molecule has 2 nitrogen and oxygen atoms in total. The molecule has 0 aliphatic carbocycles. The van der Waals surface area contributed by atoms with Gasteiger partial charge in [0.2, 0.25) is 0 Å². The summed E-state index contributed by atoms with van der Waals surface area (Å²) in [7, 11) is 0. The number of hydrogen-bond donors (Lipinski definition) is 0. The first-order valence-electron chi connectivity index (χ1n) is 19.3. The van der Waals surface area contributed by atoms with Crippen LogP contribution in [0.1, 0.15) is 0 Å². The standard InChI is InChI=1S/C54H34N2S/c1-3-16-37(17-4-1)52-45-25-13-12-24-44(45)51(46-32-31-35-15-7-9-21-41(35)53(46)52)38-29-27-36(28-30-38)47-34-48(56-54(55-47)39-18-5-2-6-19-39)42-22-10-11-23-43(42)50-33-40-20-8-14-26-49(40)57-50/h1-34H. The minimum atomic E-state index is 0.707. The molecule has 0 aliphatic heterocycles. The molecule has 3 heteroatoms. The number of hydrogen-bond acceptors (Lipinski definition) is 3. The summed E-state index contributed by atoms with van der Waals surface area (Å²) in [6, 6.07) is 74.0. The molecule has 11 rings (SSSR count). The van der Waals surface area contributed by atoms with Gasteiger partial charge in [0.1, 0.15) is 0 Å². The van der Waals surface area contributed by atoms with Gasteiger partial charge < -0.3 is 0 Å². The molecule has 0 spiro atoms. The van der Waals surface area contributed by atoms with E-state index in [0.29, 0.717) is 5.82 Å². The highest BCUT2D eigenvalue weighted by Crippen LogP contribution is 2.46. The van der Waals surface area contributed by atoms with Crippen molar-refractivity contribution in [1.29, 1.82) is 0 Å². The predicted molar refractivity (Wildman–Crippen MR) is 243 cm³/mol. The number of thiophene rings is 1. The third-order valence-electron chi connectivity index (χ3n) is 11.1. The fraction of sp³-hybridized carbons (Fsp3) is 0. The van der Waals surface area contributed by atoms with Crippen LogP contribution >= 0.6 is 11.3 Å². The zero-order valence-corrected chi connectivity index (χ0v) is 31.7. The lowest BCUT2D eigenvalue weighted by molar-refractivity contribution is 1.18. The van der Waals surface area contributed by atoms with Crippen molar-refractivity contribution < 1.29 is 0 Å². The van der Waals surface area contributed by atoms with Crippen LogP contribution < -0.4 is 0 Å². The SMILES string of the molecule is c1ccc(-c2nc(-c3ccc(-c4c5ccccc5c(-c5ccccc5)c5c4ccc4ccccc45)cc3)cc(-c3ccccc3-c3cc4ccccc4s3)n2)cc1. The normalized spacial score (nSPS) is 11.5. The van der Waals surface area contributed by atoms with Crippen LogP contribution in [0.5, 0.6) is 0 Å². The number of rotatable bonds is 6. The third kappa shape index (κ3) is 5.80. The maximum absolute atomic E-state index is 5.22. The van der Waals surface area contributed by atoms with Crippen molar-refractivity contribution in [2.75, 3.05) is 0 Å². The molecule has 0 atom stereocenters. The molecular weight excluding hydrogens is 709 g/mol. The smallest absolute Gasteiger partial charge is 0.160 e. The van der Waals surface area contributed by atoms with Crippen LogP contribution in [0.4, 0.5) is 0 Å². The van der Waals surface area contributed by atoms with Crippen LogP contribution in [0.3, 0.4) is 0 Å². The Morgan fingerprint density at radius 2 is 0.895 bits per heavy atom. The summed E-state index contributed by atoms with van der Waals surface area (Å²) < 4.78 is 1.28. The van der Waals surface area contributed by atoms with E-state index in [-0.39, 0.29) is 0 Å². The summed E-state index contributed by atoms with van der Waals surface area (Å²) in [5.41, 5.74) is 11.0. The van der Waals surface area contributed by atoms with E-state index in [1.807, 2.05) is 29.5 Å². The van der Waals surface area contributed by atoms with Crippen LogP contribution in [0.25, 0.3) is 109 Å². The Morgan fingerprint density at radius 1 is 0.333 bits per heavy atom. The average Bonchev–Trinajstić information content (AvgIpc) is 3.73. The molecule has 11 aromatic rings. The predicted octanol–water partition coefficient (Wildman–Crippen LogP) is 15.2. The molecule has 0 saturated carbocycles. The Labute approximate surface area is 335 Å². The third-order valence-corrected chi connectivity index (χ3v) is 12.2. The van der Waals surface area contributed by atoms with Gasteiger partial charge in [-0.15, -0.1) is 11.3 Å². The van der Waals surface area contributed by atoms with Crippen molar-refractivity contribution >= 4 is 53.7 Å². The Balaban J connectivity index is 1.09. The number of benzene rings is 9. The van der Waals surface area contributed by atoms with Crippen LogP contribution in [0.15, 0.2) is 206 Å². The Kier molecular flexibility index (Phi) is 8.04. The van der Waals surface area contributed by atoms with Crippen molar-refractivity contribution in [1.82, 2.24) is 9.97 Å². The second-order valence-corrected chi connectivity index (χ2v) is 15.6. The van der Waals surface area contributed by atoms with Gasteiger partial charge in [-0.05, 0) is 78.2 Å². The van der Waals surface area contributed by atoms with Crippen LogP contribution in [0.2, 0.25) is 0 Å². The highest BCUT2D eigenvalue weighted by Gasteiger charge is 2.20. The van der Waals surface area contributed by atoms with Crippen molar-refractivity contribution in [2.45, 2.75) is 0 Å². The molecule has 0 amide bonds. The first kappa shape index (κ1) is 33.2. The summed E-state index contributed by atoms with van der Waals surface area (Å²) in [5.74, 6) is 0.707. The van der Waals surface area contributed by atoms with E-state index in [2.05, 4.69) is 188 Å². The molecule has 266 valence electrons. The van der Waals surface area contributed by atoms with Crippen molar-refractivity contribution in [3.63, 3.8) is 0 Å². The van der Waals surface area contributed by atoms with Gasteiger partial charge in [0.15, 0.2) is 5.82 Å². The fourth-order valence-electron chi connectivity index (χ4n) is 8.46. The zero-order valence-electron chi connectivity index (χ0n) is 30.9. The number of aromatic nitrogens is 2. The van der Waals surface area contributed by atoms with E-state index < -0.39 is 0 Å². The van der Waals surface area contributed by atoms with Crippen molar-refractivity contribution in [3.8, 4) is 66.6 Å². The molecule has 57 heavy (non-hydrogen) atoms. The summed E-state index contributed by atoms with van der Waals surface area (Å²) in [6.45, 7) is 0. The molecule has 2 heterocycles. The number of nitrogens with zero attached hydrogens (tertiary/aromatic N) is 2. The van der Waals surface area contributed by atoms with E-state index in [0.717, 1.165) is 28.1 Å². The van der Waals surface area contributed by atoms with Crippen LogP contribution in [-0.2, 0) is 0 Å². The summed E-state index contributed by atoms with van der Waals surface area (Å²) in [6.07, 6.45) is 0. The summed E-state index contributed by atoms with van der Waals surface area (Å²) in [5, 5.41) is 8.76. The molecule has 0 fully saturated rings. The molecule has 0 unspecified atom stereocenters. The summed E-state index contributed by atoms with van der Waals surface area (Å²) >= 11 is 1.82. The van der Waals surface area contributed by atoms with Gasteiger partial charge in [-0.1, -0.05) is 188 Å². The highest BCUT2D eigenvalue weighted by molar-refractivity contribution is 7.22. The Morgan fingerprint density at radius 3 is 1.65 bits per heavy atom.